The van der Waals surface area contributed by atoms with Gasteiger partial charge < -0.3 is 20.6 Å². The lowest BCUT2D eigenvalue weighted by atomic mass is 10.1. The van der Waals surface area contributed by atoms with Crippen molar-refractivity contribution in [2.45, 2.75) is 31.9 Å². The van der Waals surface area contributed by atoms with Crippen LogP contribution in [-0.4, -0.2) is 27.9 Å². The van der Waals surface area contributed by atoms with E-state index in [1.807, 2.05) is 12.1 Å². The van der Waals surface area contributed by atoms with Gasteiger partial charge in [-0.3, -0.25) is 0 Å². The molecule has 0 aliphatic carbocycles. The molecule has 0 heterocycles. The average molecular weight is 338 g/mol. The molecule has 2 atom stereocenters. The normalized spacial score (nSPS) is 13.1. The number of aliphatic hydroxyl groups excluding tert-OH is 1. The molecule has 4 nitrogen and oxygen atoms in total. The fourth-order valence-electron chi connectivity index (χ4n) is 2.27. The Morgan fingerprint density at radius 2 is 1.43 bits per heavy atom. The summed E-state index contributed by atoms with van der Waals surface area (Å²) in [6.07, 6.45) is 1.29. The Balaban J connectivity index is 0.00000264. The predicted octanol–water partition coefficient (Wildman–Crippen LogP) is 3.16. The minimum atomic E-state index is -0.586. The van der Waals surface area contributed by atoms with E-state index in [1.54, 1.807) is 36.4 Å². The van der Waals surface area contributed by atoms with E-state index in [1.165, 1.54) is 5.56 Å². The minimum absolute atomic E-state index is 0. The zero-order valence-electron chi connectivity index (χ0n) is 13.1. The van der Waals surface area contributed by atoms with Crippen molar-refractivity contribution in [2.75, 3.05) is 6.54 Å². The molecule has 0 radical (unpaired) electrons. The van der Waals surface area contributed by atoms with E-state index in [0.29, 0.717) is 6.54 Å². The maximum Gasteiger partial charge on any atom is 0.115 e. The molecule has 23 heavy (non-hydrogen) atoms. The molecule has 5 heteroatoms. The first-order valence-corrected chi connectivity index (χ1v) is 7.53. The molecule has 126 valence electrons. The fraction of sp³-hybridized carbons (Fsp3) is 0.333. The highest BCUT2D eigenvalue weighted by Crippen LogP contribution is 2.16. The van der Waals surface area contributed by atoms with Gasteiger partial charge in [0.1, 0.15) is 11.5 Å². The second-order valence-electron chi connectivity index (χ2n) is 5.62. The Bertz CT molecular complexity index is 572. The van der Waals surface area contributed by atoms with Crippen molar-refractivity contribution in [1.82, 2.24) is 5.32 Å². The second kappa shape index (κ2) is 9.40. The average Bonchev–Trinajstić information content (AvgIpc) is 2.52. The number of phenolic OH excluding ortho intramolecular Hbond substituents is 2. The third kappa shape index (κ3) is 6.48. The maximum atomic E-state index is 10.1. The van der Waals surface area contributed by atoms with Gasteiger partial charge >= 0.3 is 0 Å². The second-order valence-corrected chi connectivity index (χ2v) is 5.62. The number of rotatable bonds is 7. The molecule has 2 unspecified atom stereocenters. The fourth-order valence-corrected chi connectivity index (χ4v) is 2.27. The summed E-state index contributed by atoms with van der Waals surface area (Å²) >= 11 is 0. The number of nitrogens with one attached hydrogen (secondary N) is 1. The molecule has 4 N–H and O–H groups in total. The van der Waals surface area contributed by atoms with E-state index in [4.69, 9.17) is 0 Å². The Morgan fingerprint density at radius 1 is 0.913 bits per heavy atom. The molecule has 2 rings (SSSR count). The summed E-state index contributed by atoms with van der Waals surface area (Å²) < 4.78 is 0. The zero-order valence-corrected chi connectivity index (χ0v) is 14.0. The summed E-state index contributed by atoms with van der Waals surface area (Å²) in [6.45, 7) is 2.56. The van der Waals surface area contributed by atoms with Gasteiger partial charge in [-0.15, -0.1) is 12.4 Å². The van der Waals surface area contributed by atoms with E-state index in [2.05, 4.69) is 12.2 Å². The van der Waals surface area contributed by atoms with Gasteiger partial charge in [0.2, 0.25) is 0 Å². The molecule has 0 bridgehead atoms. The SMILES string of the molecule is CC(CCc1ccc(O)cc1)NCC(O)c1ccc(O)cc1.Cl. The van der Waals surface area contributed by atoms with Crippen LogP contribution in [-0.2, 0) is 6.42 Å². The van der Waals surface area contributed by atoms with Crippen LogP contribution in [0, 0.1) is 0 Å². The molecule has 0 fully saturated rings. The summed E-state index contributed by atoms with van der Waals surface area (Å²) in [5, 5.41) is 31.9. The highest BCUT2D eigenvalue weighted by Gasteiger charge is 2.09. The van der Waals surface area contributed by atoms with Crippen LogP contribution in [0.2, 0.25) is 0 Å². The number of aryl methyl sites for hydroxylation is 1. The first kappa shape index (κ1) is 19.3. The number of phenols is 2. The van der Waals surface area contributed by atoms with Gasteiger partial charge in [0.25, 0.3) is 0 Å². The first-order chi connectivity index (χ1) is 10.5. The minimum Gasteiger partial charge on any atom is -0.508 e. The van der Waals surface area contributed by atoms with Crippen LogP contribution in [0.25, 0.3) is 0 Å². The highest BCUT2D eigenvalue weighted by atomic mass is 35.5. The van der Waals surface area contributed by atoms with E-state index in [-0.39, 0.29) is 29.9 Å². The number of hydrogen-bond acceptors (Lipinski definition) is 4. The largest absolute Gasteiger partial charge is 0.508 e. The molecule has 2 aromatic rings. The maximum absolute atomic E-state index is 10.1. The molecule has 0 spiro atoms. The van der Waals surface area contributed by atoms with Crippen molar-refractivity contribution >= 4 is 12.4 Å². The van der Waals surface area contributed by atoms with E-state index in [0.717, 1.165) is 18.4 Å². The third-order valence-electron chi connectivity index (χ3n) is 3.74. The van der Waals surface area contributed by atoms with Gasteiger partial charge in [-0.2, -0.15) is 0 Å². The Hall–Kier alpha value is -1.75. The number of benzene rings is 2. The van der Waals surface area contributed by atoms with Gasteiger partial charge in [0.15, 0.2) is 0 Å². The standard InChI is InChI=1S/C18H23NO3.ClH/c1-13(2-3-14-4-8-16(20)9-5-14)19-12-18(22)15-6-10-17(21)11-7-15;/h4-11,13,18-22H,2-3,12H2,1H3;1H. The third-order valence-corrected chi connectivity index (χ3v) is 3.74. The zero-order chi connectivity index (χ0) is 15.9. The van der Waals surface area contributed by atoms with Crippen LogP contribution < -0.4 is 5.32 Å². The van der Waals surface area contributed by atoms with Gasteiger partial charge in [-0.05, 0) is 55.2 Å². The number of halogens is 1. The highest BCUT2D eigenvalue weighted by molar-refractivity contribution is 5.85. The molecule has 0 aliphatic rings. The van der Waals surface area contributed by atoms with E-state index >= 15 is 0 Å². The van der Waals surface area contributed by atoms with Crippen LogP contribution in [0.1, 0.15) is 30.6 Å². The summed E-state index contributed by atoms with van der Waals surface area (Å²) in [5.74, 6) is 0.484. The lowest BCUT2D eigenvalue weighted by molar-refractivity contribution is 0.170. The van der Waals surface area contributed by atoms with Gasteiger partial charge in [-0.25, -0.2) is 0 Å². The quantitative estimate of drug-likeness (QED) is 0.626. The Morgan fingerprint density at radius 3 is 2.00 bits per heavy atom. The van der Waals surface area contributed by atoms with Crippen LogP contribution in [0.3, 0.4) is 0 Å². The van der Waals surface area contributed by atoms with Crippen LogP contribution in [0.4, 0.5) is 0 Å². The van der Waals surface area contributed by atoms with Crippen molar-refractivity contribution in [2.24, 2.45) is 0 Å². The molecule has 0 amide bonds. The van der Waals surface area contributed by atoms with E-state index in [9.17, 15) is 15.3 Å². The Labute approximate surface area is 143 Å². The monoisotopic (exact) mass is 337 g/mol. The topological polar surface area (TPSA) is 72.7 Å². The summed E-state index contributed by atoms with van der Waals surface area (Å²) in [4.78, 5) is 0. The van der Waals surface area contributed by atoms with Crippen LogP contribution in [0.15, 0.2) is 48.5 Å². The predicted molar refractivity (Wildman–Crippen MR) is 94.2 cm³/mol. The molecule has 0 aromatic heterocycles. The van der Waals surface area contributed by atoms with Gasteiger partial charge in [0.05, 0.1) is 6.10 Å². The van der Waals surface area contributed by atoms with Crippen molar-refractivity contribution in [1.29, 1.82) is 0 Å². The summed E-state index contributed by atoms with van der Waals surface area (Å²) in [5.41, 5.74) is 1.97. The first-order valence-electron chi connectivity index (χ1n) is 7.53. The molecular weight excluding hydrogens is 314 g/mol. The van der Waals surface area contributed by atoms with Crippen molar-refractivity contribution in [3.8, 4) is 11.5 Å². The molecule has 0 saturated carbocycles. The lowest BCUT2D eigenvalue weighted by Gasteiger charge is -2.17. The number of aromatic hydroxyl groups is 2. The van der Waals surface area contributed by atoms with Gasteiger partial charge in [0, 0.05) is 12.6 Å². The van der Waals surface area contributed by atoms with Crippen LogP contribution in [0.5, 0.6) is 11.5 Å². The Kier molecular flexibility index (Phi) is 7.89. The van der Waals surface area contributed by atoms with Crippen LogP contribution >= 0.6 is 12.4 Å². The summed E-state index contributed by atoms with van der Waals surface area (Å²) in [6, 6.07) is 14.1. The number of aliphatic hydroxyl groups is 1. The molecular formula is C18H24ClNO3. The summed E-state index contributed by atoms with van der Waals surface area (Å²) in [7, 11) is 0. The number of hydrogen-bond donors (Lipinski definition) is 4. The molecule has 2 aromatic carbocycles. The van der Waals surface area contributed by atoms with E-state index < -0.39 is 6.10 Å². The van der Waals surface area contributed by atoms with Crippen molar-refractivity contribution in [3.63, 3.8) is 0 Å². The molecule has 0 saturated heterocycles. The van der Waals surface area contributed by atoms with Crippen molar-refractivity contribution in [3.05, 3.63) is 59.7 Å². The smallest absolute Gasteiger partial charge is 0.115 e. The lowest BCUT2D eigenvalue weighted by Crippen LogP contribution is -2.30. The molecule has 0 aliphatic heterocycles. The van der Waals surface area contributed by atoms with Crippen molar-refractivity contribution < 1.29 is 15.3 Å². The van der Waals surface area contributed by atoms with Gasteiger partial charge in [-0.1, -0.05) is 24.3 Å².